The van der Waals surface area contributed by atoms with Gasteiger partial charge in [0.1, 0.15) is 0 Å². The van der Waals surface area contributed by atoms with E-state index in [1.807, 2.05) is 28.0 Å². The van der Waals surface area contributed by atoms with Gasteiger partial charge < -0.3 is 19.5 Å². The number of carboxylic acid groups (broad SMARTS) is 1. The van der Waals surface area contributed by atoms with Gasteiger partial charge in [-0.15, -0.1) is 11.3 Å². The Bertz CT molecular complexity index is 870. The van der Waals surface area contributed by atoms with Crippen LogP contribution in [0.3, 0.4) is 0 Å². The number of hydrogen-bond acceptors (Lipinski definition) is 7. The van der Waals surface area contributed by atoms with Gasteiger partial charge in [0.05, 0.1) is 55.2 Å². The summed E-state index contributed by atoms with van der Waals surface area (Å²) in [6.45, 7) is 4.60. The number of amides is 1. The van der Waals surface area contributed by atoms with Crippen LogP contribution in [0.2, 0.25) is 0 Å². The molecule has 0 bridgehead atoms. The fourth-order valence-electron chi connectivity index (χ4n) is 2.74. The largest absolute Gasteiger partial charge is 0.490 e. The summed E-state index contributed by atoms with van der Waals surface area (Å²) in [5.74, 6) is -2.68. The molecule has 3 rings (SSSR count). The number of aryl methyl sites for hydroxylation is 1. The van der Waals surface area contributed by atoms with Crippen molar-refractivity contribution in [3.8, 4) is 0 Å². The molecule has 1 aliphatic rings. The van der Waals surface area contributed by atoms with Gasteiger partial charge in [-0.3, -0.25) is 9.48 Å². The zero-order valence-corrected chi connectivity index (χ0v) is 17.8. The summed E-state index contributed by atoms with van der Waals surface area (Å²) in [6, 6.07) is 1.95. The molecule has 1 aliphatic heterocycles. The summed E-state index contributed by atoms with van der Waals surface area (Å²) in [4.78, 5) is 27.6. The van der Waals surface area contributed by atoms with Gasteiger partial charge in [-0.1, -0.05) is 0 Å². The van der Waals surface area contributed by atoms with Crippen molar-refractivity contribution in [2.45, 2.75) is 45.3 Å². The SMILES string of the molecule is COCCC(=O)N1Cc2ccnn2CC(OCc2csc(C)n2)C1.O=C(O)C(F)(F)F. The number of fused-ring (bicyclic) bond motifs is 1. The molecule has 1 unspecified atom stereocenters. The summed E-state index contributed by atoms with van der Waals surface area (Å²) in [6.07, 6.45) is -3.05. The average molecular weight is 464 g/mol. The van der Waals surface area contributed by atoms with Crippen molar-refractivity contribution in [1.82, 2.24) is 19.7 Å². The number of hydrogen-bond donors (Lipinski definition) is 1. The molecule has 0 radical (unpaired) electrons. The topological polar surface area (TPSA) is 107 Å². The summed E-state index contributed by atoms with van der Waals surface area (Å²) in [5, 5.41) is 14.5. The Kier molecular flexibility index (Phi) is 8.95. The lowest BCUT2D eigenvalue weighted by Gasteiger charge is -2.24. The van der Waals surface area contributed by atoms with Crippen LogP contribution in [0.1, 0.15) is 22.8 Å². The summed E-state index contributed by atoms with van der Waals surface area (Å²) < 4.78 is 44.7. The predicted molar refractivity (Wildman–Crippen MR) is 103 cm³/mol. The van der Waals surface area contributed by atoms with Crippen molar-refractivity contribution in [3.63, 3.8) is 0 Å². The van der Waals surface area contributed by atoms with Crippen molar-refractivity contribution in [2.75, 3.05) is 20.3 Å². The van der Waals surface area contributed by atoms with Crippen molar-refractivity contribution >= 4 is 23.2 Å². The standard InChI is InChI=1S/C16H22N4O3S.C2HF3O2/c1-12-18-13(11-24-12)10-23-15-8-19(16(21)4-6-22-2)7-14-3-5-17-20(14)9-15;3-2(4,5)1(6)7/h3,5,11,15H,4,6-10H2,1-2H3;(H,6,7). The molecule has 1 amide bonds. The number of halogens is 3. The number of alkyl halides is 3. The third-order valence-electron chi connectivity index (χ3n) is 4.21. The Hall–Kier alpha value is -2.51. The molecular weight excluding hydrogens is 441 g/mol. The van der Waals surface area contributed by atoms with Crippen molar-refractivity contribution in [1.29, 1.82) is 0 Å². The maximum atomic E-state index is 12.4. The van der Waals surface area contributed by atoms with E-state index in [-0.39, 0.29) is 12.0 Å². The van der Waals surface area contributed by atoms with Gasteiger partial charge in [0, 0.05) is 25.2 Å². The van der Waals surface area contributed by atoms with E-state index in [9.17, 15) is 18.0 Å². The fraction of sp³-hybridized carbons (Fsp3) is 0.556. The second-order valence-electron chi connectivity index (χ2n) is 6.62. The van der Waals surface area contributed by atoms with E-state index in [2.05, 4.69) is 10.1 Å². The van der Waals surface area contributed by atoms with E-state index >= 15 is 0 Å². The zero-order valence-electron chi connectivity index (χ0n) is 17.0. The van der Waals surface area contributed by atoms with Gasteiger partial charge in [-0.25, -0.2) is 9.78 Å². The average Bonchev–Trinajstić information content (AvgIpc) is 3.27. The van der Waals surface area contributed by atoms with Crippen molar-refractivity contribution in [3.05, 3.63) is 34.0 Å². The number of nitrogens with zero attached hydrogens (tertiary/aromatic N) is 4. The van der Waals surface area contributed by atoms with Crippen LogP contribution in [0, 0.1) is 6.92 Å². The highest BCUT2D eigenvalue weighted by molar-refractivity contribution is 7.09. The van der Waals surface area contributed by atoms with Crippen LogP contribution in [-0.4, -0.2) is 69.2 Å². The number of aliphatic carboxylic acids is 1. The number of aromatic nitrogens is 3. The number of rotatable bonds is 6. The highest BCUT2D eigenvalue weighted by Gasteiger charge is 2.38. The van der Waals surface area contributed by atoms with Gasteiger partial charge in [0.25, 0.3) is 0 Å². The first-order chi connectivity index (χ1) is 14.6. The van der Waals surface area contributed by atoms with Gasteiger partial charge in [0.15, 0.2) is 0 Å². The second-order valence-corrected chi connectivity index (χ2v) is 7.68. The van der Waals surface area contributed by atoms with Gasteiger partial charge in [-0.2, -0.15) is 18.3 Å². The lowest BCUT2D eigenvalue weighted by molar-refractivity contribution is -0.192. The zero-order chi connectivity index (χ0) is 23.0. The van der Waals surface area contributed by atoms with Crippen molar-refractivity contribution < 1.29 is 37.3 Å². The van der Waals surface area contributed by atoms with E-state index in [1.165, 1.54) is 0 Å². The van der Waals surface area contributed by atoms with Crippen LogP contribution in [0.4, 0.5) is 13.2 Å². The molecule has 172 valence electrons. The Balaban J connectivity index is 0.000000423. The monoisotopic (exact) mass is 464 g/mol. The maximum absolute atomic E-state index is 12.4. The van der Waals surface area contributed by atoms with Gasteiger partial charge >= 0.3 is 12.1 Å². The van der Waals surface area contributed by atoms with Crippen molar-refractivity contribution in [2.24, 2.45) is 0 Å². The lowest BCUT2D eigenvalue weighted by atomic mass is 10.3. The number of ether oxygens (including phenoxy) is 2. The molecule has 1 N–H and O–H groups in total. The summed E-state index contributed by atoms with van der Waals surface area (Å²) in [7, 11) is 1.60. The number of methoxy groups -OCH3 is 1. The summed E-state index contributed by atoms with van der Waals surface area (Å²) in [5.41, 5.74) is 1.95. The molecule has 0 fully saturated rings. The minimum Gasteiger partial charge on any atom is -0.475 e. The molecule has 0 aromatic carbocycles. The fourth-order valence-corrected chi connectivity index (χ4v) is 3.33. The minimum absolute atomic E-state index is 0.0737. The Morgan fingerprint density at radius 2 is 2.06 bits per heavy atom. The van der Waals surface area contributed by atoms with Crippen LogP contribution in [-0.2, 0) is 38.8 Å². The normalized spacial score (nSPS) is 16.2. The highest BCUT2D eigenvalue weighted by atomic mass is 32.1. The van der Waals surface area contributed by atoms with Crippen LogP contribution in [0.5, 0.6) is 0 Å². The molecule has 2 aromatic rings. The van der Waals surface area contributed by atoms with Gasteiger partial charge in [0.2, 0.25) is 5.91 Å². The predicted octanol–water partition coefficient (Wildman–Crippen LogP) is 2.25. The summed E-state index contributed by atoms with van der Waals surface area (Å²) >= 11 is 1.61. The number of carbonyl (C=O) groups excluding carboxylic acids is 1. The smallest absolute Gasteiger partial charge is 0.475 e. The first-order valence-electron chi connectivity index (χ1n) is 9.20. The molecule has 1 atom stereocenters. The van der Waals surface area contributed by atoms with E-state index in [0.29, 0.717) is 39.3 Å². The molecule has 0 saturated carbocycles. The third-order valence-corrected chi connectivity index (χ3v) is 5.03. The van der Waals surface area contributed by atoms with E-state index in [1.54, 1.807) is 24.6 Å². The van der Waals surface area contributed by atoms with Crippen LogP contribution in [0.15, 0.2) is 17.6 Å². The first-order valence-corrected chi connectivity index (χ1v) is 10.1. The van der Waals surface area contributed by atoms with Crippen LogP contribution >= 0.6 is 11.3 Å². The van der Waals surface area contributed by atoms with Gasteiger partial charge in [-0.05, 0) is 13.0 Å². The van der Waals surface area contributed by atoms with Crippen LogP contribution in [0.25, 0.3) is 0 Å². The molecule has 13 heteroatoms. The molecule has 9 nitrogen and oxygen atoms in total. The lowest BCUT2D eigenvalue weighted by Crippen LogP contribution is -2.37. The minimum atomic E-state index is -5.08. The quantitative estimate of drug-likeness (QED) is 0.699. The molecule has 31 heavy (non-hydrogen) atoms. The molecular formula is C18H23F3N4O5S. The molecule has 0 aliphatic carbocycles. The number of carboxylic acids is 1. The molecule has 0 saturated heterocycles. The Morgan fingerprint density at radius 3 is 2.65 bits per heavy atom. The second kappa shape index (κ2) is 11.2. The Labute approximate surface area is 180 Å². The van der Waals surface area contributed by atoms with E-state index in [0.717, 1.165) is 16.4 Å². The van der Waals surface area contributed by atoms with Crippen LogP contribution < -0.4 is 0 Å². The maximum Gasteiger partial charge on any atom is 0.490 e. The van der Waals surface area contributed by atoms with E-state index in [4.69, 9.17) is 19.4 Å². The number of thiazole rings is 1. The third kappa shape index (κ3) is 7.92. The highest BCUT2D eigenvalue weighted by Crippen LogP contribution is 2.17. The first kappa shape index (κ1) is 24.8. The Morgan fingerprint density at radius 1 is 1.35 bits per heavy atom. The number of carbonyl (C=O) groups is 2. The molecule has 2 aromatic heterocycles. The van der Waals surface area contributed by atoms with E-state index < -0.39 is 12.1 Å². The molecule has 3 heterocycles. The molecule has 0 spiro atoms.